The summed E-state index contributed by atoms with van der Waals surface area (Å²) in [5, 5.41) is 2.13. The summed E-state index contributed by atoms with van der Waals surface area (Å²) >= 11 is 1.12. The lowest BCUT2D eigenvalue weighted by Gasteiger charge is -2.31. The summed E-state index contributed by atoms with van der Waals surface area (Å²) in [4.78, 5) is 34.1. The summed E-state index contributed by atoms with van der Waals surface area (Å²) in [5.74, 6) is -1.77. The molecule has 2 unspecified atom stereocenters. The molecule has 5 aromatic rings. The van der Waals surface area contributed by atoms with Crippen LogP contribution in [0.25, 0.3) is 22.0 Å². The third-order valence-electron chi connectivity index (χ3n) is 9.46. The van der Waals surface area contributed by atoms with Crippen molar-refractivity contribution in [2.24, 2.45) is 5.92 Å². The molecule has 1 amide bonds. The number of alkyl halides is 3. The van der Waals surface area contributed by atoms with Gasteiger partial charge in [0.05, 0.1) is 22.1 Å². The molecular weight excluding hydrogens is 724 g/mol. The number of hydroxylamine groups is 2. The quantitative estimate of drug-likeness (QED) is 0.0548. The lowest BCUT2D eigenvalue weighted by molar-refractivity contribution is -0.164. The number of ether oxygens (including phenoxy) is 1. The van der Waals surface area contributed by atoms with Crippen molar-refractivity contribution in [2.75, 3.05) is 13.7 Å². The molecular formula is C42H39F5N2O4S. The molecule has 1 aromatic heterocycles. The molecule has 2 atom stereocenters. The lowest BCUT2D eigenvalue weighted by atomic mass is 9.92. The Morgan fingerprint density at radius 2 is 1.59 bits per heavy atom. The third kappa shape index (κ3) is 9.40. The molecule has 54 heavy (non-hydrogen) atoms. The van der Waals surface area contributed by atoms with Gasteiger partial charge in [0.15, 0.2) is 22.8 Å². The van der Waals surface area contributed by atoms with E-state index < -0.39 is 35.3 Å². The van der Waals surface area contributed by atoms with E-state index in [-0.39, 0.29) is 29.2 Å². The molecule has 1 aliphatic carbocycles. The largest absolute Gasteiger partial charge is 0.416 e. The molecule has 6 rings (SSSR count). The van der Waals surface area contributed by atoms with Gasteiger partial charge in [0.1, 0.15) is 6.54 Å². The van der Waals surface area contributed by atoms with Crippen molar-refractivity contribution in [3.05, 3.63) is 142 Å². The highest BCUT2D eigenvalue weighted by atomic mass is 32.2. The first-order valence-corrected chi connectivity index (χ1v) is 18.6. The van der Waals surface area contributed by atoms with Gasteiger partial charge in [-0.3, -0.25) is 9.59 Å². The van der Waals surface area contributed by atoms with Gasteiger partial charge in [-0.1, -0.05) is 73.5 Å². The fraction of sp³-hybridized carbons (Fsp3) is 0.286. The number of fused-ring (bicyclic) bond motifs is 1. The van der Waals surface area contributed by atoms with E-state index in [1.165, 1.54) is 35.4 Å². The number of pyridine rings is 1. The fourth-order valence-corrected chi connectivity index (χ4v) is 7.56. The Labute approximate surface area is 314 Å². The maximum absolute atomic E-state index is 14.6. The van der Waals surface area contributed by atoms with E-state index in [9.17, 15) is 31.5 Å². The van der Waals surface area contributed by atoms with Crippen molar-refractivity contribution >= 4 is 28.6 Å². The molecule has 0 N–H and O–H groups in total. The van der Waals surface area contributed by atoms with Crippen LogP contribution in [0.15, 0.2) is 119 Å². The smallest absolute Gasteiger partial charge is 0.385 e. The number of benzene rings is 4. The number of amides is 1. The minimum atomic E-state index is -4.44. The number of carbonyl (C=O) groups excluding carboxylic acids is 1. The maximum Gasteiger partial charge on any atom is 0.416 e. The Bertz CT molecular complexity index is 2150. The number of nitrogens with zero attached hydrogens (tertiary/aromatic N) is 2. The molecule has 1 aliphatic rings. The number of hydrogen-bond donors (Lipinski definition) is 0. The molecule has 0 saturated carbocycles. The number of thioether (sulfide) groups is 1. The van der Waals surface area contributed by atoms with Gasteiger partial charge >= 0.3 is 6.18 Å². The molecule has 282 valence electrons. The molecule has 6 nitrogen and oxygen atoms in total. The first kappa shape index (κ1) is 38.8. The van der Waals surface area contributed by atoms with Gasteiger partial charge in [0.25, 0.3) is 5.91 Å². The number of para-hydroxylation sites is 1. The summed E-state index contributed by atoms with van der Waals surface area (Å²) in [7, 11) is 1.66. The Morgan fingerprint density at radius 1 is 0.889 bits per heavy atom. The van der Waals surface area contributed by atoms with Gasteiger partial charge in [0, 0.05) is 36.5 Å². The zero-order chi connectivity index (χ0) is 38.2. The monoisotopic (exact) mass is 762 g/mol. The number of carbonyl (C=O) groups is 1. The van der Waals surface area contributed by atoms with E-state index in [0.29, 0.717) is 45.8 Å². The molecule has 1 heterocycles. The fourth-order valence-electron chi connectivity index (χ4n) is 6.52. The number of hydrogen-bond acceptors (Lipinski definition) is 5. The van der Waals surface area contributed by atoms with Crippen LogP contribution >= 0.6 is 11.8 Å². The summed E-state index contributed by atoms with van der Waals surface area (Å²) in [6.07, 6.45) is 3.86. The van der Waals surface area contributed by atoms with Gasteiger partial charge in [-0.25, -0.2) is 8.78 Å². The van der Waals surface area contributed by atoms with E-state index in [1.807, 2.05) is 6.08 Å². The van der Waals surface area contributed by atoms with Crippen LogP contribution in [0.1, 0.15) is 43.2 Å². The first-order valence-electron chi connectivity index (χ1n) is 17.6. The minimum absolute atomic E-state index is 0.00921. The van der Waals surface area contributed by atoms with Crippen LogP contribution in [-0.4, -0.2) is 35.3 Å². The zero-order valence-corrected chi connectivity index (χ0v) is 30.3. The van der Waals surface area contributed by atoms with Crippen molar-refractivity contribution in [2.45, 2.75) is 61.6 Å². The second-order valence-electron chi connectivity index (χ2n) is 13.1. The average Bonchev–Trinajstić information content (AvgIpc) is 3.16. The molecule has 0 aliphatic heterocycles. The Kier molecular flexibility index (Phi) is 12.5. The van der Waals surface area contributed by atoms with E-state index in [1.54, 1.807) is 60.2 Å². The summed E-state index contributed by atoms with van der Waals surface area (Å²) < 4.78 is 75.0. The number of methoxy groups -OCH3 is 1. The van der Waals surface area contributed by atoms with Gasteiger partial charge in [-0.05, 0) is 78.8 Å². The summed E-state index contributed by atoms with van der Waals surface area (Å²) in [6, 6.07) is 23.4. The number of rotatable bonds is 12. The summed E-state index contributed by atoms with van der Waals surface area (Å²) in [5.41, 5.74) is 0.843. The number of halogens is 5. The highest BCUT2D eigenvalue weighted by molar-refractivity contribution is 7.98. The SMILES string of the molecule is COCCC1/C=C\C(N(Oc2ccc(-c3ccc(C(F)(F)F)cc3)cc2)C(=O)Cn2c(SCc3cccc(F)c3F)cc(=O)c3ccccc32)CCCC1. The Balaban J connectivity index is 1.33. The standard InChI is InChI=1S/C42H39F5N2O4S/c1-52-24-23-28-7-2-3-9-33(20-13-28)49(53-34-21-16-30(17-22-34)29-14-18-32(19-15-29)42(45,46)47)39(51)26-48-37-12-5-4-10-35(37)38(50)25-40(48)54-27-31-8-6-11-36(43)41(31)44/h4-6,8,10-22,25,28,33H,2-3,7,9,23-24,26-27H2,1H3/b20-13-. The normalized spacial score (nSPS) is 16.8. The van der Waals surface area contributed by atoms with Crippen molar-refractivity contribution in [3.8, 4) is 16.9 Å². The van der Waals surface area contributed by atoms with E-state index in [0.717, 1.165) is 55.6 Å². The first-order chi connectivity index (χ1) is 26.0. The van der Waals surface area contributed by atoms with Gasteiger partial charge in [0.2, 0.25) is 0 Å². The maximum atomic E-state index is 14.6. The molecule has 4 aromatic carbocycles. The van der Waals surface area contributed by atoms with Crippen molar-refractivity contribution in [1.82, 2.24) is 9.63 Å². The van der Waals surface area contributed by atoms with Crippen LogP contribution in [0.2, 0.25) is 0 Å². The van der Waals surface area contributed by atoms with Gasteiger partial charge in [-0.15, -0.1) is 11.8 Å². The number of allylic oxidation sites excluding steroid dienone is 1. The highest BCUT2D eigenvalue weighted by Gasteiger charge is 2.30. The molecule has 0 radical (unpaired) electrons. The third-order valence-corrected chi connectivity index (χ3v) is 10.5. The van der Waals surface area contributed by atoms with Crippen LogP contribution in [0.3, 0.4) is 0 Å². The van der Waals surface area contributed by atoms with E-state index in [2.05, 4.69) is 6.08 Å². The Hall–Kier alpha value is -4.94. The average molecular weight is 763 g/mol. The van der Waals surface area contributed by atoms with Crippen LogP contribution < -0.4 is 10.3 Å². The van der Waals surface area contributed by atoms with Crippen molar-refractivity contribution in [1.29, 1.82) is 0 Å². The van der Waals surface area contributed by atoms with Crippen molar-refractivity contribution in [3.63, 3.8) is 0 Å². The second kappa shape index (κ2) is 17.5. The van der Waals surface area contributed by atoms with E-state index >= 15 is 0 Å². The van der Waals surface area contributed by atoms with Crippen LogP contribution in [-0.2, 0) is 28.0 Å². The van der Waals surface area contributed by atoms with Crippen LogP contribution in [0.4, 0.5) is 22.0 Å². The highest BCUT2D eigenvalue weighted by Crippen LogP contribution is 2.33. The number of aromatic nitrogens is 1. The second-order valence-corrected chi connectivity index (χ2v) is 14.1. The topological polar surface area (TPSA) is 60.8 Å². The lowest BCUT2D eigenvalue weighted by Crippen LogP contribution is -2.44. The molecule has 12 heteroatoms. The van der Waals surface area contributed by atoms with Crippen LogP contribution in [0.5, 0.6) is 5.75 Å². The zero-order valence-electron chi connectivity index (χ0n) is 29.5. The molecule has 0 bridgehead atoms. The Morgan fingerprint density at radius 3 is 2.31 bits per heavy atom. The summed E-state index contributed by atoms with van der Waals surface area (Å²) in [6.45, 7) is 0.360. The molecule has 0 fully saturated rings. The molecule has 0 spiro atoms. The minimum Gasteiger partial charge on any atom is -0.385 e. The predicted molar refractivity (Wildman–Crippen MR) is 200 cm³/mol. The van der Waals surface area contributed by atoms with E-state index in [4.69, 9.17) is 9.57 Å². The molecule has 0 saturated heterocycles. The van der Waals surface area contributed by atoms with Gasteiger partial charge in [-0.2, -0.15) is 18.2 Å². The van der Waals surface area contributed by atoms with Crippen molar-refractivity contribution < 1.29 is 36.3 Å². The van der Waals surface area contributed by atoms with Crippen LogP contribution in [0, 0.1) is 17.6 Å². The van der Waals surface area contributed by atoms with Gasteiger partial charge < -0.3 is 14.1 Å². The predicted octanol–water partition coefficient (Wildman–Crippen LogP) is 10.2.